The van der Waals surface area contributed by atoms with Crippen molar-refractivity contribution in [3.05, 3.63) is 22.4 Å². The molecule has 14 heavy (non-hydrogen) atoms. The second kappa shape index (κ2) is 4.77. The largest absolute Gasteiger partial charge is 0.493 e. The highest BCUT2D eigenvalue weighted by Gasteiger charge is 2.22. The van der Waals surface area contributed by atoms with E-state index in [0.29, 0.717) is 12.4 Å². The quantitative estimate of drug-likeness (QED) is 0.788. The van der Waals surface area contributed by atoms with Gasteiger partial charge in [0, 0.05) is 5.46 Å². The summed E-state index contributed by atoms with van der Waals surface area (Å²) in [5, 5.41) is 17.8. The van der Waals surface area contributed by atoms with Gasteiger partial charge in [0.25, 0.3) is 0 Å². The third-order valence-electron chi connectivity index (χ3n) is 1.65. The fourth-order valence-electron chi connectivity index (χ4n) is 1.05. The first-order valence-electron chi connectivity index (χ1n) is 4.04. The third kappa shape index (κ3) is 2.26. The van der Waals surface area contributed by atoms with Crippen LogP contribution in [-0.2, 0) is 0 Å². The first-order valence-corrected chi connectivity index (χ1v) is 4.84. The van der Waals surface area contributed by atoms with E-state index >= 15 is 0 Å². The van der Waals surface area contributed by atoms with E-state index in [9.17, 15) is 4.39 Å². The molecule has 0 aliphatic rings. The van der Waals surface area contributed by atoms with Crippen LogP contribution in [0.2, 0.25) is 0 Å². The lowest BCUT2D eigenvalue weighted by molar-refractivity contribution is 0.337. The van der Waals surface area contributed by atoms with E-state index in [1.54, 1.807) is 6.92 Å². The second-order valence-corrected chi connectivity index (χ2v) is 3.37. The molecule has 0 fully saturated rings. The topological polar surface area (TPSA) is 49.7 Å². The SMILES string of the molecule is CCOc1ccc(F)c(B(O)O)c1Br. The molecule has 0 atom stereocenters. The van der Waals surface area contributed by atoms with Gasteiger partial charge < -0.3 is 14.8 Å². The van der Waals surface area contributed by atoms with E-state index in [1.807, 2.05) is 0 Å². The summed E-state index contributed by atoms with van der Waals surface area (Å²) in [6.45, 7) is 2.20. The van der Waals surface area contributed by atoms with Gasteiger partial charge in [-0.25, -0.2) is 4.39 Å². The van der Waals surface area contributed by atoms with Crippen LogP contribution < -0.4 is 10.2 Å². The predicted molar refractivity (Wildman–Crippen MR) is 55.1 cm³/mol. The van der Waals surface area contributed by atoms with Crippen LogP contribution in [0.15, 0.2) is 16.6 Å². The molecule has 0 bridgehead atoms. The summed E-state index contributed by atoms with van der Waals surface area (Å²) in [6, 6.07) is 2.55. The molecular weight excluding hydrogens is 254 g/mol. The number of halogens is 2. The molecule has 1 rings (SSSR count). The highest BCUT2D eigenvalue weighted by molar-refractivity contribution is 9.10. The lowest BCUT2D eigenvalue weighted by Crippen LogP contribution is -2.34. The third-order valence-corrected chi connectivity index (χ3v) is 2.47. The average molecular weight is 263 g/mol. The molecule has 76 valence electrons. The Morgan fingerprint density at radius 3 is 2.64 bits per heavy atom. The molecule has 6 heteroatoms. The van der Waals surface area contributed by atoms with E-state index in [-0.39, 0.29) is 9.94 Å². The highest BCUT2D eigenvalue weighted by atomic mass is 79.9. The van der Waals surface area contributed by atoms with Crippen LogP contribution in [0.25, 0.3) is 0 Å². The van der Waals surface area contributed by atoms with Crippen molar-refractivity contribution in [3.8, 4) is 5.75 Å². The molecule has 0 saturated heterocycles. The van der Waals surface area contributed by atoms with Crippen molar-refractivity contribution >= 4 is 28.5 Å². The lowest BCUT2D eigenvalue weighted by atomic mass is 9.80. The Bertz CT molecular complexity index is 333. The number of benzene rings is 1. The molecule has 0 heterocycles. The van der Waals surface area contributed by atoms with Crippen molar-refractivity contribution in [1.29, 1.82) is 0 Å². The summed E-state index contributed by atoms with van der Waals surface area (Å²) in [6.07, 6.45) is 0. The van der Waals surface area contributed by atoms with Gasteiger partial charge in [-0.3, -0.25) is 0 Å². The maximum atomic E-state index is 13.1. The van der Waals surface area contributed by atoms with Crippen LogP contribution in [-0.4, -0.2) is 23.8 Å². The molecule has 0 aromatic heterocycles. The summed E-state index contributed by atoms with van der Waals surface area (Å²) in [4.78, 5) is 0. The maximum absolute atomic E-state index is 13.1. The summed E-state index contributed by atoms with van der Waals surface area (Å²) < 4.78 is 18.5. The Hall–Kier alpha value is -0.585. The van der Waals surface area contributed by atoms with Gasteiger partial charge in [-0.05, 0) is 35.0 Å². The van der Waals surface area contributed by atoms with Crippen molar-refractivity contribution < 1.29 is 19.2 Å². The molecule has 0 radical (unpaired) electrons. The van der Waals surface area contributed by atoms with Crippen molar-refractivity contribution in [2.24, 2.45) is 0 Å². The van der Waals surface area contributed by atoms with Gasteiger partial charge in [0.2, 0.25) is 0 Å². The number of hydrogen-bond donors (Lipinski definition) is 2. The monoisotopic (exact) mass is 262 g/mol. The van der Waals surface area contributed by atoms with Crippen molar-refractivity contribution in [3.63, 3.8) is 0 Å². The van der Waals surface area contributed by atoms with Crippen LogP contribution in [0.3, 0.4) is 0 Å². The Labute approximate surface area is 89.8 Å². The van der Waals surface area contributed by atoms with Gasteiger partial charge >= 0.3 is 7.12 Å². The Kier molecular flexibility index (Phi) is 3.91. The summed E-state index contributed by atoms with van der Waals surface area (Å²) in [5.74, 6) is -0.299. The fraction of sp³-hybridized carbons (Fsp3) is 0.250. The van der Waals surface area contributed by atoms with Gasteiger partial charge in [-0.1, -0.05) is 0 Å². The molecule has 0 saturated carbocycles. The van der Waals surface area contributed by atoms with Crippen molar-refractivity contribution in [1.82, 2.24) is 0 Å². The van der Waals surface area contributed by atoms with Gasteiger partial charge in [0.1, 0.15) is 11.6 Å². The minimum absolute atomic E-state index is 0.212. The molecule has 1 aromatic rings. The van der Waals surface area contributed by atoms with E-state index in [2.05, 4.69) is 15.9 Å². The van der Waals surface area contributed by atoms with E-state index < -0.39 is 12.9 Å². The summed E-state index contributed by atoms with van der Waals surface area (Å²) in [7, 11) is -1.86. The Morgan fingerprint density at radius 1 is 1.50 bits per heavy atom. The van der Waals surface area contributed by atoms with E-state index in [1.165, 1.54) is 6.07 Å². The highest BCUT2D eigenvalue weighted by Crippen LogP contribution is 2.23. The molecule has 0 spiro atoms. The molecule has 0 aliphatic heterocycles. The number of rotatable bonds is 3. The molecule has 0 amide bonds. The first kappa shape index (κ1) is 11.5. The van der Waals surface area contributed by atoms with Crippen LogP contribution in [0, 0.1) is 5.82 Å². The Morgan fingerprint density at radius 2 is 2.14 bits per heavy atom. The normalized spacial score (nSPS) is 10.1. The smallest absolute Gasteiger partial charge is 0.492 e. The zero-order chi connectivity index (χ0) is 10.7. The fourth-order valence-corrected chi connectivity index (χ4v) is 1.69. The van der Waals surface area contributed by atoms with E-state index in [0.717, 1.165) is 6.07 Å². The molecule has 3 nitrogen and oxygen atoms in total. The minimum Gasteiger partial charge on any atom is -0.493 e. The Balaban J connectivity index is 3.19. The average Bonchev–Trinajstić information content (AvgIpc) is 2.10. The number of ether oxygens (including phenoxy) is 1. The van der Waals surface area contributed by atoms with Crippen LogP contribution >= 0.6 is 15.9 Å². The van der Waals surface area contributed by atoms with Gasteiger partial charge in [-0.15, -0.1) is 0 Å². The maximum Gasteiger partial charge on any atom is 0.492 e. The lowest BCUT2D eigenvalue weighted by Gasteiger charge is -2.10. The van der Waals surface area contributed by atoms with Gasteiger partial charge in [0.05, 0.1) is 11.1 Å². The predicted octanol–water partition coefficient (Wildman–Crippen LogP) is 0.667. The molecule has 0 unspecified atom stereocenters. The zero-order valence-electron chi connectivity index (χ0n) is 7.50. The molecule has 0 aliphatic carbocycles. The van der Waals surface area contributed by atoms with Gasteiger partial charge in [0.15, 0.2) is 0 Å². The minimum atomic E-state index is -1.86. The van der Waals surface area contributed by atoms with Crippen molar-refractivity contribution in [2.75, 3.05) is 6.61 Å². The molecule has 1 aromatic carbocycles. The standard InChI is InChI=1S/C8H9BBrFO3/c1-2-14-6-4-3-5(11)7(8(6)10)9(12)13/h3-4,12-13H,2H2,1H3. The molecule has 2 N–H and O–H groups in total. The van der Waals surface area contributed by atoms with Crippen LogP contribution in [0.4, 0.5) is 4.39 Å². The van der Waals surface area contributed by atoms with Crippen molar-refractivity contribution in [2.45, 2.75) is 6.92 Å². The summed E-state index contributed by atoms with van der Waals surface area (Å²) in [5.41, 5.74) is -0.212. The summed E-state index contributed by atoms with van der Waals surface area (Å²) >= 11 is 3.05. The van der Waals surface area contributed by atoms with Gasteiger partial charge in [-0.2, -0.15) is 0 Å². The second-order valence-electron chi connectivity index (χ2n) is 2.58. The van der Waals surface area contributed by atoms with Crippen LogP contribution in [0.5, 0.6) is 5.75 Å². The zero-order valence-corrected chi connectivity index (χ0v) is 9.08. The molecular formula is C8H9BBrFO3. The first-order chi connectivity index (χ1) is 6.57. The van der Waals surface area contributed by atoms with E-state index in [4.69, 9.17) is 14.8 Å². The van der Waals surface area contributed by atoms with Crippen LogP contribution in [0.1, 0.15) is 6.92 Å². The number of hydrogen-bond acceptors (Lipinski definition) is 3.